The van der Waals surface area contributed by atoms with E-state index in [9.17, 15) is 13.2 Å². The normalized spacial score (nSPS) is 13.7. The van der Waals surface area contributed by atoms with Gasteiger partial charge in [-0.2, -0.15) is 13.2 Å². The highest BCUT2D eigenvalue weighted by molar-refractivity contribution is 5.39. The van der Waals surface area contributed by atoms with Gasteiger partial charge in [0.15, 0.2) is 0 Å². The maximum atomic E-state index is 12.3. The monoisotopic (exact) mass is 218 g/mol. The Hall–Kier alpha value is -1.26. The van der Waals surface area contributed by atoms with Crippen LogP contribution >= 0.6 is 0 Å². The lowest BCUT2D eigenvalue weighted by molar-refractivity contribution is -0.137. The number of rotatable bonds is 3. The molecule has 5 heteroatoms. The second kappa shape index (κ2) is 4.51. The molecule has 0 aromatic carbocycles. The first-order valence-corrected chi connectivity index (χ1v) is 4.73. The van der Waals surface area contributed by atoms with E-state index in [1.54, 1.807) is 0 Å². The van der Waals surface area contributed by atoms with Crippen molar-refractivity contribution in [1.82, 2.24) is 4.98 Å². The summed E-state index contributed by atoms with van der Waals surface area (Å²) in [4.78, 5) is 3.83. The number of nitrogens with zero attached hydrogens (tertiary/aromatic N) is 1. The van der Waals surface area contributed by atoms with Crippen LogP contribution in [0.5, 0.6) is 0 Å². The van der Waals surface area contributed by atoms with Crippen molar-refractivity contribution < 1.29 is 13.2 Å². The summed E-state index contributed by atoms with van der Waals surface area (Å²) in [6.07, 6.45) is -2.32. The number of aromatic nitrogens is 1. The van der Waals surface area contributed by atoms with Crippen LogP contribution in [0.4, 0.5) is 19.0 Å². The summed E-state index contributed by atoms with van der Waals surface area (Å²) >= 11 is 0. The molecular formula is C10H13F3N2. The molecular weight excluding hydrogens is 205 g/mol. The molecule has 1 rings (SSSR count). The minimum absolute atomic E-state index is 0.112. The van der Waals surface area contributed by atoms with Crippen molar-refractivity contribution in [2.24, 2.45) is 0 Å². The van der Waals surface area contributed by atoms with Gasteiger partial charge in [0.25, 0.3) is 0 Å². The van der Waals surface area contributed by atoms with Crippen molar-refractivity contribution in [1.29, 1.82) is 0 Å². The SMILES string of the molecule is CCC(C)Nc1cc(C(F)(F)F)ccn1. The molecule has 1 aromatic heterocycles. The molecule has 0 saturated heterocycles. The fourth-order valence-electron chi connectivity index (χ4n) is 1.04. The molecule has 1 aromatic rings. The smallest absolute Gasteiger partial charge is 0.368 e. The predicted octanol–water partition coefficient (Wildman–Crippen LogP) is 3.31. The van der Waals surface area contributed by atoms with Crippen molar-refractivity contribution in [3.63, 3.8) is 0 Å². The highest BCUT2D eigenvalue weighted by Crippen LogP contribution is 2.29. The van der Waals surface area contributed by atoms with E-state index in [1.165, 1.54) is 0 Å². The Morgan fingerprint density at radius 1 is 1.47 bits per heavy atom. The molecule has 1 heterocycles. The van der Waals surface area contributed by atoms with E-state index >= 15 is 0 Å². The molecule has 0 spiro atoms. The van der Waals surface area contributed by atoms with E-state index in [2.05, 4.69) is 10.3 Å². The van der Waals surface area contributed by atoms with Gasteiger partial charge in [-0.25, -0.2) is 4.98 Å². The third-order valence-electron chi connectivity index (χ3n) is 2.09. The predicted molar refractivity (Wildman–Crippen MR) is 52.6 cm³/mol. The minimum Gasteiger partial charge on any atom is -0.368 e. The second-order valence-corrected chi connectivity index (χ2v) is 3.38. The van der Waals surface area contributed by atoms with Gasteiger partial charge in [-0.05, 0) is 25.5 Å². The zero-order valence-corrected chi connectivity index (χ0v) is 8.60. The van der Waals surface area contributed by atoms with Crippen LogP contribution in [0.1, 0.15) is 25.8 Å². The highest BCUT2D eigenvalue weighted by Gasteiger charge is 2.30. The quantitative estimate of drug-likeness (QED) is 0.841. The van der Waals surface area contributed by atoms with Crippen molar-refractivity contribution in [3.05, 3.63) is 23.9 Å². The Labute approximate surface area is 86.5 Å². The van der Waals surface area contributed by atoms with Crippen LogP contribution < -0.4 is 5.32 Å². The number of pyridine rings is 1. The molecule has 0 aliphatic carbocycles. The topological polar surface area (TPSA) is 24.9 Å². The van der Waals surface area contributed by atoms with Crippen molar-refractivity contribution in [2.45, 2.75) is 32.5 Å². The zero-order chi connectivity index (χ0) is 11.5. The van der Waals surface area contributed by atoms with Crippen LogP contribution in [0.15, 0.2) is 18.3 Å². The van der Waals surface area contributed by atoms with Gasteiger partial charge in [0.05, 0.1) is 5.56 Å². The van der Waals surface area contributed by atoms with Gasteiger partial charge in [0.2, 0.25) is 0 Å². The Kier molecular flexibility index (Phi) is 3.55. The molecule has 15 heavy (non-hydrogen) atoms. The van der Waals surface area contributed by atoms with Gasteiger partial charge in [-0.15, -0.1) is 0 Å². The van der Waals surface area contributed by atoms with Gasteiger partial charge in [-0.3, -0.25) is 0 Å². The van der Waals surface area contributed by atoms with Crippen LogP contribution in [-0.2, 0) is 6.18 Å². The molecule has 0 amide bonds. The lowest BCUT2D eigenvalue weighted by Crippen LogP contribution is -2.15. The maximum Gasteiger partial charge on any atom is 0.416 e. The summed E-state index contributed by atoms with van der Waals surface area (Å²) in [5.41, 5.74) is -0.677. The Morgan fingerprint density at radius 3 is 2.67 bits per heavy atom. The number of halogens is 3. The van der Waals surface area contributed by atoms with E-state index in [1.807, 2.05) is 13.8 Å². The van der Waals surface area contributed by atoms with E-state index < -0.39 is 11.7 Å². The van der Waals surface area contributed by atoms with Crippen LogP contribution in [0, 0.1) is 0 Å². The lowest BCUT2D eigenvalue weighted by atomic mass is 10.2. The fourth-order valence-corrected chi connectivity index (χ4v) is 1.04. The summed E-state index contributed by atoms with van der Waals surface area (Å²) in [6, 6.07) is 2.09. The van der Waals surface area contributed by atoms with Gasteiger partial charge in [0, 0.05) is 12.2 Å². The second-order valence-electron chi connectivity index (χ2n) is 3.38. The van der Waals surface area contributed by atoms with Crippen LogP contribution in [-0.4, -0.2) is 11.0 Å². The van der Waals surface area contributed by atoms with Crippen molar-refractivity contribution in [2.75, 3.05) is 5.32 Å². The number of hydrogen-bond donors (Lipinski definition) is 1. The first-order valence-electron chi connectivity index (χ1n) is 4.73. The summed E-state index contributed by atoms with van der Waals surface area (Å²) < 4.78 is 37.0. The van der Waals surface area contributed by atoms with Gasteiger partial charge >= 0.3 is 6.18 Å². The highest BCUT2D eigenvalue weighted by atomic mass is 19.4. The first kappa shape index (κ1) is 11.8. The molecule has 1 N–H and O–H groups in total. The Morgan fingerprint density at radius 2 is 2.13 bits per heavy atom. The largest absolute Gasteiger partial charge is 0.416 e. The van der Waals surface area contributed by atoms with Crippen molar-refractivity contribution in [3.8, 4) is 0 Å². The number of hydrogen-bond acceptors (Lipinski definition) is 2. The number of anilines is 1. The van der Waals surface area contributed by atoms with Crippen LogP contribution in [0.25, 0.3) is 0 Å². The third-order valence-corrected chi connectivity index (χ3v) is 2.09. The van der Waals surface area contributed by atoms with Gasteiger partial charge in [0.1, 0.15) is 5.82 Å². The van der Waals surface area contributed by atoms with Crippen molar-refractivity contribution >= 4 is 5.82 Å². The molecule has 1 atom stereocenters. The van der Waals surface area contributed by atoms with E-state index in [4.69, 9.17) is 0 Å². The molecule has 0 aliphatic rings. The zero-order valence-electron chi connectivity index (χ0n) is 8.60. The molecule has 0 bridgehead atoms. The summed E-state index contributed by atoms with van der Waals surface area (Å²) in [7, 11) is 0. The van der Waals surface area contributed by atoms with E-state index in [0.717, 1.165) is 24.8 Å². The minimum atomic E-state index is -4.31. The molecule has 0 saturated carbocycles. The van der Waals surface area contributed by atoms with Crippen LogP contribution in [0.3, 0.4) is 0 Å². The van der Waals surface area contributed by atoms with Crippen LogP contribution in [0.2, 0.25) is 0 Å². The molecule has 84 valence electrons. The molecule has 2 nitrogen and oxygen atoms in total. The molecule has 0 radical (unpaired) electrons. The Bertz CT molecular complexity index is 323. The number of alkyl halides is 3. The third kappa shape index (κ3) is 3.42. The number of nitrogens with one attached hydrogen (secondary N) is 1. The van der Waals surface area contributed by atoms with E-state index in [-0.39, 0.29) is 11.9 Å². The summed E-state index contributed by atoms with van der Waals surface area (Å²) in [5, 5.41) is 2.89. The van der Waals surface area contributed by atoms with Gasteiger partial charge < -0.3 is 5.32 Å². The van der Waals surface area contributed by atoms with E-state index in [0.29, 0.717) is 0 Å². The first-order chi connectivity index (χ1) is 6.93. The standard InChI is InChI=1S/C10H13F3N2/c1-3-7(2)15-9-6-8(4-5-14-9)10(11,12)13/h4-7H,3H2,1-2H3,(H,14,15). The lowest BCUT2D eigenvalue weighted by Gasteiger charge is -2.13. The maximum absolute atomic E-state index is 12.3. The molecule has 0 aliphatic heterocycles. The average Bonchev–Trinajstić information content (AvgIpc) is 2.17. The molecule has 1 unspecified atom stereocenters. The van der Waals surface area contributed by atoms with Gasteiger partial charge in [-0.1, -0.05) is 6.92 Å². The molecule has 0 fully saturated rings. The Balaban J connectivity index is 2.84. The average molecular weight is 218 g/mol. The summed E-state index contributed by atoms with van der Waals surface area (Å²) in [6.45, 7) is 3.84. The summed E-state index contributed by atoms with van der Waals surface area (Å²) in [5.74, 6) is 0.263. The fraction of sp³-hybridized carbons (Fsp3) is 0.500.